The zero-order valence-electron chi connectivity index (χ0n) is 10.7. The van der Waals surface area contributed by atoms with Crippen LogP contribution in [0.2, 0.25) is 0 Å². The standard InChI is InChI=1S/C13H24N2O2/c1-9-6-11(8-17-9)13(16)15-7-10-2-4-12(14)5-3-10/h9-12H,2-8,14H2,1H3,(H,15,16). The van der Waals surface area contributed by atoms with Crippen molar-refractivity contribution in [3.63, 3.8) is 0 Å². The summed E-state index contributed by atoms with van der Waals surface area (Å²) < 4.78 is 5.42. The molecule has 1 saturated heterocycles. The van der Waals surface area contributed by atoms with Gasteiger partial charge in [-0.1, -0.05) is 0 Å². The zero-order chi connectivity index (χ0) is 12.3. The predicted molar refractivity (Wildman–Crippen MR) is 66.5 cm³/mol. The Hall–Kier alpha value is -0.610. The van der Waals surface area contributed by atoms with Gasteiger partial charge in [0, 0.05) is 12.6 Å². The molecule has 2 atom stereocenters. The molecule has 0 aromatic rings. The van der Waals surface area contributed by atoms with E-state index in [2.05, 4.69) is 5.32 Å². The molecule has 2 unspecified atom stereocenters. The van der Waals surface area contributed by atoms with Crippen molar-refractivity contribution >= 4 is 5.91 Å². The van der Waals surface area contributed by atoms with Gasteiger partial charge in [0.25, 0.3) is 0 Å². The minimum Gasteiger partial charge on any atom is -0.378 e. The average Bonchev–Trinajstić information content (AvgIpc) is 2.75. The molecule has 17 heavy (non-hydrogen) atoms. The van der Waals surface area contributed by atoms with Gasteiger partial charge in [-0.3, -0.25) is 4.79 Å². The predicted octanol–water partition coefficient (Wildman–Crippen LogP) is 1.05. The molecule has 1 aliphatic heterocycles. The Balaban J connectivity index is 1.66. The highest BCUT2D eigenvalue weighted by molar-refractivity contribution is 5.79. The lowest BCUT2D eigenvalue weighted by molar-refractivity contribution is -0.125. The lowest BCUT2D eigenvalue weighted by Gasteiger charge is -2.26. The van der Waals surface area contributed by atoms with E-state index < -0.39 is 0 Å². The molecule has 1 amide bonds. The van der Waals surface area contributed by atoms with E-state index in [0.717, 1.165) is 38.6 Å². The van der Waals surface area contributed by atoms with Crippen molar-refractivity contribution in [2.24, 2.45) is 17.6 Å². The second kappa shape index (κ2) is 5.83. The molecular formula is C13H24N2O2. The first-order chi connectivity index (χ1) is 8.15. The third-order valence-corrected chi connectivity index (χ3v) is 4.03. The van der Waals surface area contributed by atoms with Crippen molar-refractivity contribution in [3.05, 3.63) is 0 Å². The van der Waals surface area contributed by atoms with Gasteiger partial charge in [0.1, 0.15) is 0 Å². The van der Waals surface area contributed by atoms with E-state index in [0.29, 0.717) is 18.6 Å². The molecule has 1 saturated carbocycles. The highest BCUT2D eigenvalue weighted by atomic mass is 16.5. The Kier molecular flexibility index (Phi) is 4.40. The quantitative estimate of drug-likeness (QED) is 0.775. The van der Waals surface area contributed by atoms with Gasteiger partial charge < -0.3 is 15.8 Å². The molecule has 0 aromatic heterocycles. The number of carbonyl (C=O) groups is 1. The molecule has 4 nitrogen and oxygen atoms in total. The number of carbonyl (C=O) groups excluding carboxylic acids is 1. The minimum atomic E-state index is 0.0656. The second-order valence-electron chi connectivity index (χ2n) is 5.60. The van der Waals surface area contributed by atoms with Crippen LogP contribution in [0.25, 0.3) is 0 Å². The van der Waals surface area contributed by atoms with Gasteiger partial charge in [0.05, 0.1) is 18.6 Å². The summed E-state index contributed by atoms with van der Waals surface area (Å²) in [6, 6.07) is 0.381. The van der Waals surface area contributed by atoms with Crippen molar-refractivity contribution in [3.8, 4) is 0 Å². The summed E-state index contributed by atoms with van der Waals surface area (Å²) in [4.78, 5) is 11.9. The zero-order valence-corrected chi connectivity index (χ0v) is 10.7. The number of hydrogen-bond donors (Lipinski definition) is 2. The van der Waals surface area contributed by atoms with Crippen molar-refractivity contribution < 1.29 is 9.53 Å². The molecule has 2 aliphatic rings. The molecule has 1 aliphatic carbocycles. The van der Waals surface area contributed by atoms with Gasteiger partial charge in [-0.15, -0.1) is 0 Å². The van der Waals surface area contributed by atoms with Crippen LogP contribution in [-0.4, -0.2) is 31.2 Å². The molecule has 2 fully saturated rings. The van der Waals surface area contributed by atoms with E-state index in [1.807, 2.05) is 6.92 Å². The van der Waals surface area contributed by atoms with Crippen LogP contribution < -0.4 is 11.1 Å². The van der Waals surface area contributed by atoms with Gasteiger partial charge >= 0.3 is 0 Å². The van der Waals surface area contributed by atoms with E-state index in [1.165, 1.54) is 0 Å². The smallest absolute Gasteiger partial charge is 0.225 e. The van der Waals surface area contributed by atoms with E-state index >= 15 is 0 Å². The summed E-state index contributed by atoms with van der Waals surface area (Å²) >= 11 is 0. The number of rotatable bonds is 3. The lowest BCUT2D eigenvalue weighted by atomic mass is 9.86. The first-order valence-electron chi connectivity index (χ1n) is 6.80. The summed E-state index contributed by atoms with van der Waals surface area (Å²) in [5.74, 6) is 0.860. The fourth-order valence-electron chi connectivity index (χ4n) is 2.78. The Bertz CT molecular complexity index is 262. The molecule has 0 spiro atoms. The summed E-state index contributed by atoms with van der Waals surface area (Å²) in [5.41, 5.74) is 5.86. The molecule has 0 radical (unpaired) electrons. The van der Waals surface area contributed by atoms with Crippen LogP contribution in [0.4, 0.5) is 0 Å². The minimum absolute atomic E-state index is 0.0656. The SMILES string of the molecule is CC1CC(C(=O)NCC2CCC(N)CC2)CO1. The number of ether oxygens (including phenoxy) is 1. The summed E-state index contributed by atoms with van der Waals surface area (Å²) in [5, 5.41) is 3.07. The Morgan fingerprint density at radius 3 is 2.65 bits per heavy atom. The Morgan fingerprint density at radius 2 is 2.06 bits per heavy atom. The van der Waals surface area contributed by atoms with Gasteiger partial charge in [-0.05, 0) is 44.9 Å². The van der Waals surface area contributed by atoms with Gasteiger partial charge in [0.15, 0.2) is 0 Å². The van der Waals surface area contributed by atoms with E-state index in [-0.39, 0.29) is 17.9 Å². The van der Waals surface area contributed by atoms with Crippen LogP contribution in [0.5, 0.6) is 0 Å². The maximum Gasteiger partial charge on any atom is 0.225 e. The molecule has 1 heterocycles. The molecule has 98 valence electrons. The first kappa shape index (κ1) is 12.8. The summed E-state index contributed by atoms with van der Waals surface area (Å²) in [6.45, 7) is 3.43. The monoisotopic (exact) mass is 240 g/mol. The van der Waals surface area contributed by atoms with E-state index in [4.69, 9.17) is 10.5 Å². The van der Waals surface area contributed by atoms with Crippen LogP contribution >= 0.6 is 0 Å². The normalized spacial score (nSPS) is 38.0. The Morgan fingerprint density at radius 1 is 1.35 bits per heavy atom. The fourth-order valence-corrected chi connectivity index (χ4v) is 2.78. The number of nitrogens with two attached hydrogens (primary N) is 1. The molecule has 2 rings (SSSR count). The van der Waals surface area contributed by atoms with Crippen LogP contribution in [0.15, 0.2) is 0 Å². The van der Waals surface area contributed by atoms with Crippen molar-refractivity contribution in [2.75, 3.05) is 13.2 Å². The van der Waals surface area contributed by atoms with E-state index in [1.54, 1.807) is 0 Å². The fraction of sp³-hybridized carbons (Fsp3) is 0.923. The van der Waals surface area contributed by atoms with Crippen molar-refractivity contribution in [1.82, 2.24) is 5.32 Å². The maximum absolute atomic E-state index is 11.9. The number of amides is 1. The maximum atomic E-state index is 11.9. The highest BCUT2D eigenvalue weighted by Gasteiger charge is 2.28. The molecule has 3 N–H and O–H groups in total. The van der Waals surface area contributed by atoms with Crippen LogP contribution in [0.3, 0.4) is 0 Å². The lowest BCUT2D eigenvalue weighted by Crippen LogP contribution is -2.37. The molecule has 0 bridgehead atoms. The second-order valence-corrected chi connectivity index (χ2v) is 5.60. The van der Waals surface area contributed by atoms with Gasteiger partial charge in [-0.25, -0.2) is 0 Å². The highest BCUT2D eigenvalue weighted by Crippen LogP contribution is 2.23. The third kappa shape index (κ3) is 3.68. The van der Waals surface area contributed by atoms with Crippen molar-refractivity contribution in [1.29, 1.82) is 0 Å². The van der Waals surface area contributed by atoms with Crippen LogP contribution in [0, 0.1) is 11.8 Å². The topological polar surface area (TPSA) is 64.4 Å². The summed E-state index contributed by atoms with van der Waals surface area (Å²) in [6.07, 6.45) is 5.60. The third-order valence-electron chi connectivity index (χ3n) is 4.03. The number of hydrogen-bond acceptors (Lipinski definition) is 3. The van der Waals surface area contributed by atoms with Crippen molar-refractivity contribution in [2.45, 2.75) is 51.2 Å². The largest absolute Gasteiger partial charge is 0.378 e. The summed E-state index contributed by atoms with van der Waals surface area (Å²) in [7, 11) is 0. The first-order valence-corrected chi connectivity index (χ1v) is 6.80. The molecular weight excluding hydrogens is 216 g/mol. The molecule has 0 aromatic carbocycles. The van der Waals surface area contributed by atoms with Gasteiger partial charge in [-0.2, -0.15) is 0 Å². The average molecular weight is 240 g/mol. The van der Waals surface area contributed by atoms with Crippen LogP contribution in [0.1, 0.15) is 39.0 Å². The molecule has 4 heteroatoms. The van der Waals surface area contributed by atoms with Crippen LogP contribution in [-0.2, 0) is 9.53 Å². The van der Waals surface area contributed by atoms with E-state index in [9.17, 15) is 4.79 Å². The Labute approximate surface area is 103 Å². The van der Waals surface area contributed by atoms with Gasteiger partial charge in [0.2, 0.25) is 5.91 Å². The number of nitrogens with one attached hydrogen (secondary N) is 1.